The van der Waals surface area contributed by atoms with Crippen molar-refractivity contribution in [3.63, 3.8) is 0 Å². The molecule has 0 aliphatic rings. The molecule has 0 bridgehead atoms. The summed E-state index contributed by atoms with van der Waals surface area (Å²) in [6.07, 6.45) is 1.07. The van der Waals surface area contributed by atoms with Gasteiger partial charge in [0, 0.05) is 10.4 Å². The van der Waals surface area contributed by atoms with E-state index in [4.69, 9.17) is 4.74 Å². The number of aryl methyl sites for hydroxylation is 1. The summed E-state index contributed by atoms with van der Waals surface area (Å²) in [5.74, 6) is 0.983. The fourth-order valence-corrected chi connectivity index (χ4v) is 3.54. The molecule has 1 N–H and O–H groups in total. The molecule has 1 unspecified atom stereocenters. The zero-order chi connectivity index (χ0) is 14.4. The summed E-state index contributed by atoms with van der Waals surface area (Å²) in [7, 11) is 0. The molecule has 0 radical (unpaired) electrons. The number of para-hydroxylation sites is 1. The standard InChI is InChI=1S/C17H23NOS/c1-4-13-11-12-20-17(13)16(18-5-2)14-9-7-8-10-15(14)19-6-3/h7-12,16,18H,4-6H2,1-3H3. The smallest absolute Gasteiger partial charge is 0.124 e. The van der Waals surface area contributed by atoms with Crippen LogP contribution in [-0.2, 0) is 6.42 Å². The Bertz CT molecular complexity index is 535. The predicted octanol–water partition coefficient (Wildman–Crippen LogP) is 4.41. The molecule has 0 amide bonds. The van der Waals surface area contributed by atoms with E-state index in [9.17, 15) is 0 Å². The van der Waals surface area contributed by atoms with Crippen LogP contribution in [-0.4, -0.2) is 13.2 Å². The van der Waals surface area contributed by atoms with Gasteiger partial charge in [0.15, 0.2) is 0 Å². The quantitative estimate of drug-likeness (QED) is 0.815. The molecule has 108 valence electrons. The van der Waals surface area contributed by atoms with E-state index in [0.29, 0.717) is 6.61 Å². The van der Waals surface area contributed by atoms with E-state index in [0.717, 1.165) is 18.7 Å². The molecule has 1 heterocycles. The van der Waals surface area contributed by atoms with Gasteiger partial charge in [-0.3, -0.25) is 0 Å². The molecule has 2 nitrogen and oxygen atoms in total. The molecule has 0 spiro atoms. The third-order valence-electron chi connectivity index (χ3n) is 3.36. The molecule has 0 aliphatic heterocycles. The SMILES string of the molecule is CCNC(c1ccccc1OCC)c1sccc1CC. The van der Waals surface area contributed by atoms with Crippen LogP contribution in [0, 0.1) is 0 Å². The van der Waals surface area contributed by atoms with Crippen molar-refractivity contribution >= 4 is 11.3 Å². The van der Waals surface area contributed by atoms with Crippen LogP contribution in [0.4, 0.5) is 0 Å². The molecule has 2 rings (SSSR count). The van der Waals surface area contributed by atoms with Crippen LogP contribution < -0.4 is 10.1 Å². The summed E-state index contributed by atoms with van der Waals surface area (Å²) >= 11 is 1.83. The molecule has 2 aromatic rings. The van der Waals surface area contributed by atoms with Crippen LogP contribution >= 0.6 is 11.3 Å². The molecule has 0 aliphatic carbocycles. The highest BCUT2D eigenvalue weighted by Crippen LogP contribution is 2.34. The summed E-state index contributed by atoms with van der Waals surface area (Å²) < 4.78 is 5.80. The van der Waals surface area contributed by atoms with Gasteiger partial charge in [0.1, 0.15) is 5.75 Å². The van der Waals surface area contributed by atoms with Crippen molar-refractivity contribution in [1.82, 2.24) is 5.32 Å². The maximum absolute atomic E-state index is 5.80. The van der Waals surface area contributed by atoms with Gasteiger partial charge in [0.2, 0.25) is 0 Å². The van der Waals surface area contributed by atoms with Crippen molar-refractivity contribution in [2.45, 2.75) is 33.2 Å². The lowest BCUT2D eigenvalue weighted by atomic mass is 10.0. The monoisotopic (exact) mass is 289 g/mol. The van der Waals surface area contributed by atoms with Gasteiger partial charge in [0.05, 0.1) is 12.6 Å². The topological polar surface area (TPSA) is 21.3 Å². The van der Waals surface area contributed by atoms with Crippen molar-refractivity contribution in [3.8, 4) is 5.75 Å². The minimum Gasteiger partial charge on any atom is -0.494 e. The van der Waals surface area contributed by atoms with Crippen LogP contribution in [0.1, 0.15) is 42.8 Å². The molecule has 20 heavy (non-hydrogen) atoms. The Labute approximate surface area is 125 Å². The van der Waals surface area contributed by atoms with Gasteiger partial charge in [-0.05, 0) is 43.0 Å². The second kappa shape index (κ2) is 7.46. The van der Waals surface area contributed by atoms with E-state index in [1.54, 1.807) is 0 Å². The first-order valence-corrected chi connectivity index (χ1v) is 8.21. The van der Waals surface area contributed by atoms with Crippen LogP contribution in [0.3, 0.4) is 0 Å². The average Bonchev–Trinajstić information content (AvgIpc) is 2.94. The number of hydrogen-bond donors (Lipinski definition) is 1. The summed E-state index contributed by atoms with van der Waals surface area (Å²) in [6.45, 7) is 8.02. The molecular formula is C17H23NOS. The Morgan fingerprint density at radius 1 is 1.15 bits per heavy atom. The van der Waals surface area contributed by atoms with E-state index in [2.05, 4.69) is 48.8 Å². The highest BCUT2D eigenvalue weighted by molar-refractivity contribution is 7.10. The van der Waals surface area contributed by atoms with Gasteiger partial charge >= 0.3 is 0 Å². The van der Waals surface area contributed by atoms with E-state index >= 15 is 0 Å². The Kier molecular flexibility index (Phi) is 5.62. The van der Waals surface area contributed by atoms with Crippen molar-refractivity contribution in [2.75, 3.05) is 13.2 Å². The van der Waals surface area contributed by atoms with Crippen molar-refractivity contribution in [1.29, 1.82) is 0 Å². The minimum atomic E-state index is 0.220. The first-order valence-electron chi connectivity index (χ1n) is 7.33. The van der Waals surface area contributed by atoms with Gasteiger partial charge in [-0.2, -0.15) is 0 Å². The Hall–Kier alpha value is -1.32. The summed E-state index contributed by atoms with van der Waals surface area (Å²) in [5, 5.41) is 5.79. The van der Waals surface area contributed by atoms with Crippen molar-refractivity contribution in [3.05, 3.63) is 51.7 Å². The molecule has 3 heteroatoms. The molecule has 1 aromatic heterocycles. The number of benzene rings is 1. The normalized spacial score (nSPS) is 12.3. The number of nitrogens with one attached hydrogen (secondary N) is 1. The van der Waals surface area contributed by atoms with E-state index in [-0.39, 0.29) is 6.04 Å². The van der Waals surface area contributed by atoms with Gasteiger partial charge in [-0.15, -0.1) is 11.3 Å². The number of hydrogen-bond acceptors (Lipinski definition) is 3. The third-order valence-corrected chi connectivity index (χ3v) is 4.39. The molecule has 1 atom stereocenters. The number of rotatable bonds is 7. The highest BCUT2D eigenvalue weighted by atomic mass is 32.1. The first-order chi connectivity index (χ1) is 9.81. The lowest BCUT2D eigenvalue weighted by Gasteiger charge is -2.21. The van der Waals surface area contributed by atoms with E-state index in [1.165, 1.54) is 16.0 Å². The van der Waals surface area contributed by atoms with Crippen molar-refractivity contribution < 1.29 is 4.74 Å². The number of thiophene rings is 1. The van der Waals surface area contributed by atoms with E-state index < -0.39 is 0 Å². The van der Waals surface area contributed by atoms with Crippen LogP contribution in [0.25, 0.3) is 0 Å². The Balaban J connectivity index is 2.43. The number of ether oxygens (including phenoxy) is 1. The molecule has 0 saturated heterocycles. The fourth-order valence-electron chi connectivity index (χ4n) is 2.45. The van der Waals surface area contributed by atoms with Crippen LogP contribution in [0.5, 0.6) is 5.75 Å². The average molecular weight is 289 g/mol. The maximum atomic E-state index is 5.80. The van der Waals surface area contributed by atoms with Crippen molar-refractivity contribution in [2.24, 2.45) is 0 Å². The second-order valence-corrected chi connectivity index (χ2v) is 5.57. The fraction of sp³-hybridized carbons (Fsp3) is 0.412. The minimum absolute atomic E-state index is 0.220. The molecule has 0 saturated carbocycles. The Morgan fingerprint density at radius 2 is 1.95 bits per heavy atom. The molecular weight excluding hydrogens is 266 g/mol. The van der Waals surface area contributed by atoms with E-state index in [1.807, 2.05) is 24.3 Å². The molecule has 1 aromatic carbocycles. The van der Waals surface area contributed by atoms with Gasteiger partial charge in [-0.1, -0.05) is 32.0 Å². The second-order valence-electron chi connectivity index (χ2n) is 4.63. The largest absolute Gasteiger partial charge is 0.494 e. The third kappa shape index (κ3) is 3.22. The van der Waals surface area contributed by atoms with Crippen LogP contribution in [0.2, 0.25) is 0 Å². The zero-order valence-electron chi connectivity index (χ0n) is 12.5. The Morgan fingerprint density at radius 3 is 2.65 bits per heavy atom. The lowest BCUT2D eigenvalue weighted by Crippen LogP contribution is -2.22. The predicted molar refractivity (Wildman–Crippen MR) is 86.8 cm³/mol. The summed E-state index contributed by atoms with van der Waals surface area (Å²) in [5.41, 5.74) is 2.65. The summed E-state index contributed by atoms with van der Waals surface area (Å²) in [6, 6.07) is 10.8. The first kappa shape index (κ1) is 15.1. The van der Waals surface area contributed by atoms with Gasteiger partial charge in [-0.25, -0.2) is 0 Å². The highest BCUT2D eigenvalue weighted by Gasteiger charge is 2.20. The van der Waals surface area contributed by atoms with Crippen LogP contribution in [0.15, 0.2) is 35.7 Å². The summed E-state index contributed by atoms with van der Waals surface area (Å²) in [4.78, 5) is 1.40. The lowest BCUT2D eigenvalue weighted by molar-refractivity contribution is 0.334. The molecule has 0 fully saturated rings. The van der Waals surface area contributed by atoms with Gasteiger partial charge in [0.25, 0.3) is 0 Å². The van der Waals surface area contributed by atoms with Gasteiger partial charge < -0.3 is 10.1 Å². The maximum Gasteiger partial charge on any atom is 0.124 e. The zero-order valence-corrected chi connectivity index (χ0v) is 13.3.